The van der Waals surface area contributed by atoms with Crippen molar-refractivity contribution in [1.29, 1.82) is 0 Å². The first kappa shape index (κ1) is 14.2. The van der Waals surface area contributed by atoms with E-state index in [2.05, 4.69) is 0 Å². The molecule has 0 radical (unpaired) electrons. The van der Waals surface area contributed by atoms with Gasteiger partial charge in [0.1, 0.15) is 0 Å². The average Bonchev–Trinajstić information content (AvgIpc) is 2.20. The van der Waals surface area contributed by atoms with Crippen molar-refractivity contribution in [3.63, 3.8) is 0 Å². The van der Waals surface area contributed by atoms with Crippen LogP contribution >= 0.6 is 8.25 Å². The van der Waals surface area contributed by atoms with E-state index in [0.29, 0.717) is 0 Å². The maximum absolute atomic E-state index is 8.82. The second kappa shape index (κ2) is 8.47. The molecule has 0 aliphatic rings. The zero-order chi connectivity index (χ0) is 11.7. The fourth-order valence-corrected chi connectivity index (χ4v) is 0.994. The molecule has 0 heterocycles. The Morgan fingerprint density at radius 2 is 1.47 bits per heavy atom. The minimum absolute atomic E-state index is 0.000509. The van der Waals surface area contributed by atoms with E-state index >= 15 is 0 Å². The highest BCUT2D eigenvalue weighted by Gasteiger charge is 2.06. The maximum Gasteiger partial charge on any atom is 0.692 e. The second-order valence-electron chi connectivity index (χ2n) is 2.73. The molecular formula is C9H14O5P+. The Morgan fingerprint density at radius 1 is 1.07 bits per heavy atom. The zero-order valence-electron chi connectivity index (χ0n) is 8.02. The van der Waals surface area contributed by atoms with E-state index in [-0.39, 0.29) is 19.1 Å². The summed E-state index contributed by atoms with van der Waals surface area (Å²) in [6, 6.07) is 9.50. The van der Waals surface area contributed by atoms with Crippen molar-refractivity contribution in [2.45, 2.75) is 5.92 Å². The Kier molecular flexibility index (Phi) is 7.99. The Labute approximate surface area is 88.6 Å². The molecule has 0 aliphatic carbocycles. The summed E-state index contributed by atoms with van der Waals surface area (Å²) in [6.45, 7) is 0.00102. The summed E-state index contributed by atoms with van der Waals surface area (Å²) in [5.74, 6) is -0.129. The van der Waals surface area contributed by atoms with Gasteiger partial charge in [0.05, 0.1) is 13.2 Å². The van der Waals surface area contributed by atoms with Gasteiger partial charge in [-0.25, -0.2) is 0 Å². The van der Waals surface area contributed by atoms with Crippen LogP contribution in [0.15, 0.2) is 30.3 Å². The molecule has 5 nitrogen and oxygen atoms in total. The van der Waals surface area contributed by atoms with Crippen molar-refractivity contribution in [3.8, 4) is 0 Å². The monoisotopic (exact) mass is 233 g/mol. The number of aliphatic hydroxyl groups excluding tert-OH is 2. The smallest absolute Gasteiger partial charge is 0.396 e. The van der Waals surface area contributed by atoms with Crippen molar-refractivity contribution in [3.05, 3.63) is 35.9 Å². The summed E-state index contributed by atoms with van der Waals surface area (Å²) in [6.07, 6.45) is 0. The van der Waals surface area contributed by atoms with Crippen molar-refractivity contribution < 1.29 is 24.6 Å². The highest BCUT2D eigenvalue weighted by atomic mass is 31.1. The molecule has 0 atom stereocenters. The van der Waals surface area contributed by atoms with E-state index in [1.54, 1.807) is 0 Å². The summed E-state index contributed by atoms with van der Waals surface area (Å²) in [4.78, 5) is 14.2. The highest BCUT2D eigenvalue weighted by Crippen LogP contribution is 2.12. The van der Waals surface area contributed by atoms with Crippen molar-refractivity contribution in [2.75, 3.05) is 13.2 Å². The van der Waals surface area contributed by atoms with Gasteiger partial charge in [0.2, 0.25) is 0 Å². The molecule has 84 valence electrons. The summed E-state index contributed by atoms with van der Waals surface area (Å²) in [7, 11) is -2.87. The molecule has 1 rings (SSSR count). The van der Waals surface area contributed by atoms with Crippen LogP contribution in [0.1, 0.15) is 11.5 Å². The van der Waals surface area contributed by atoms with E-state index in [9.17, 15) is 0 Å². The summed E-state index contributed by atoms with van der Waals surface area (Å²) < 4.78 is 8.70. The molecule has 4 N–H and O–H groups in total. The van der Waals surface area contributed by atoms with Gasteiger partial charge in [0.15, 0.2) is 0 Å². The van der Waals surface area contributed by atoms with Crippen LogP contribution in [-0.4, -0.2) is 33.2 Å². The summed E-state index contributed by atoms with van der Waals surface area (Å²) >= 11 is 0. The van der Waals surface area contributed by atoms with E-state index in [0.717, 1.165) is 5.56 Å². The molecule has 0 aromatic heterocycles. The van der Waals surface area contributed by atoms with E-state index in [4.69, 9.17) is 24.6 Å². The first-order chi connectivity index (χ1) is 7.11. The van der Waals surface area contributed by atoms with Crippen LogP contribution in [0, 0.1) is 0 Å². The lowest BCUT2D eigenvalue weighted by molar-refractivity contribution is 0.192. The molecule has 0 aliphatic heterocycles. The van der Waals surface area contributed by atoms with Crippen molar-refractivity contribution in [1.82, 2.24) is 0 Å². The fraction of sp³-hybridized carbons (Fsp3) is 0.333. The highest BCUT2D eigenvalue weighted by molar-refractivity contribution is 7.30. The first-order valence-corrected chi connectivity index (χ1v) is 5.40. The molecule has 0 amide bonds. The quantitative estimate of drug-likeness (QED) is 0.566. The van der Waals surface area contributed by atoms with Crippen LogP contribution in [0.4, 0.5) is 0 Å². The Morgan fingerprint density at radius 3 is 1.80 bits per heavy atom. The van der Waals surface area contributed by atoms with Crippen LogP contribution < -0.4 is 0 Å². The normalized spacial score (nSPS) is 9.40. The van der Waals surface area contributed by atoms with Gasteiger partial charge in [-0.3, -0.25) is 0 Å². The van der Waals surface area contributed by atoms with Crippen LogP contribution in [0.3, 0.4) is 0 Å². The molecule has 1 aromatic carbocycles. The summed E-state index contributed by atoms with van der Waals surface area (Å²) in [5.41, 5.74) is 0.984. The van der Waals surface area contributed by atoms with Crippen LogP contribution in [0.25, 0.3) is 0 Å². The van der Waals surface area contributed by atoms with E-state index in [1.807, 2.05) is 30.3 Å². The summed E-state index contributed by atoms with van der Waals surface area (Å²) in [5, 5.41) is 17.6. The molecule has 0 saturated carbocycles. The Bertz CT molecular complexity index is 269. The van der Waals surface area contributed by atoms with Gasteiger partial charge in [-0.1, -0.05) is 30.3 Å². The topological polar surface area (TPSA) is 98.0 Å². The lowest BCUT2D eigenvalue weighted by atomic mass is 10.0. The number of aliphatic hydroxyl groups is 2. The number of rotatable bonds is 3. The largest absolute Gasteiger partial charge is 0.692 e. The Hall–Kier alpha value is -0.840. The first-order valence-electron chi connectivity index (χ1n) is 4.23. The Balaban J connectivity index is 0.000000423. The second-order valence-corrected chi connectivity index (χ2v) is 3.23. The fourth-order valence-electron chi connectivity index (χ4n) is 0.994. The molecule has 15 heavy (non-hydrogen) atoms. The predicted molar refractivity (Wildman–Crippen MR) is 55.4 cm³/mol. The molecule has 6 heteroatoms. The van der Waals surface area contributed by atoms with Crippen LogP contribution in [0.5, 0.6) is 0 Å². The third-order valence-corrected chi connectivity index (χ3v) is 1.71. The third-order valence-electron chi connectivity index (χ3n) is 1.71. The number of benzene rings is 1. The van der Waals surface area contributed by atoms with Gasteiger partial charge in [0, 0.05) is 10.5 Å². The third kappa shape index (κ3) is 7.13. The molecule has 1 aromatic rings. The minimum Gasteiger partial charge on any atom is -0.396 e. The van der Waals surface area contributed by atoms with Gasteiger partial charge in [-0.2, -0.15) is 0 Å². The number of hydrogen-bond donors (Lipinski definition) is 4. The van der Waals surface area contributed by atoms with Crippen molar-refractivity contribution >= 4 is 8.25 Å². The van der Waals surface area contributed by atoms with Gasteiger partial charge in [-0.05, 0) is 5.56 Å². The zero-order valence-corrected chi connectivity index (χ0v) is 8.92. The maximum atomic E-state index is 8.82. The van der Waals surface area contributed by atoms with Crippen molar-refractivity contribution in [2.24, 2.45) is 0 Å². The molecule has 0 unspecified atom stereocenters. The van der Waals surface area contributed by atoms with Gasteiger partial charge in [-0.15, -0.1) is 9.79 Å². The molecular weight excluding hydrogens is 219 g/mol. The minimum atomic E-state index is -2.87. The SMILES string of the molecule is O=[P+](O)O.OCC(CO)c1ccccc1. The van der Waals surface area contributed by atoms with Gasteiger partial charge < -0.3 is 10.2 Å². The van der Waals surface area contributed by atoms with Gasteiger partial charge in [0.25, 0.3) is 0 Å². The lowest BCUT2D eigenvalue weighted by Gasteiger charge is -2.09. The van der Waals surface area contributed by atoms with Gasteiger partial charge >= 0.3 is 8.25 Å². The van der Waals surface area contributed by atoms with E-state index in [1.165, 1.54) is 0 Å². The number of hydrogen-bond acceptors (Lipinski definition) is 3. The predicted octanol–water partition coefficient (Wildman–Crippen LogP) is 0.383. The van der Waals surface area contributed by atoms with E-state index < -0.39 is 8.25 Å². The average molecular weight is 233 g/mol. The van der Waals surface area contributed by atoms with Crippen LogP contribution in [0.2, 0.25) is 0 Å². The molecule has 0 spiro atoms. The lowest BCUT2D eigenvalue weighted by Crippen LogP contribution is -2.08. The molecule has 0 saturated heterocycles. The molecule has 0 fully saturated rings. The van der Waals surface area contributed by atoms with Crippen LogP contribution in [-0.2, 0) is 4.57 Å². The molecule has 0 bridgehead atoms. The standard InChI is InChI=1S/C9H12O2.HO3P/c10-6-9(7-11)8-4-2-1-3-5-8;1-4(2)3/h1-5,9-11H,6-7H2;(H-,1,2,3)/p+1.